The van der Waals surface area contributed by atoms with Gasteiger partial charge in [-0.25, -0.2) is 0 Å². The molecule has 0 rings (SSSR count). The summed E-state index contributed by atoms with van der Waals surface area (Å²) in [6, 6.07) is 0. The van der Waals surface area contributed by atoms with Gasteiger partial charge < -0.3 is 20.2 Å². The van der Waals surface area contributed by atoms with Crippen LogP contribution in [0, 0.1) is 0 Å². The minimum absolute atomic E-state index is 0. The molecule has 0 bridgehead atoms. The van der Waals surface area contributed by atoms with Crippen molar-refractivity contribution in [3.05, 3.63) is 0 Å². The average molecular weight is 324 g/mol. The second kappa shape index (κ2) is 36.0. The molecule has 0 heterocycles. The minimum atomic E-state index is -3.37. The van der Waals surface area contributed by atoms with E-state index in [0.29, 0.717) is 0 Å². The van der Waals surface area contributed by atoms with Gasteiger partial charge in [0, 0.05) is 0 Å². The Bertz CT molecular complexity index is 214. The fraction of sp³-hybridized carbons (Fsp3) is 0. The van der Waals surface area contributed by atoms with Gasteiger partial charge in [-0.1, -0.05) is 0 Å². The van der Waals surface area contributed by atoms with Gasteiger partial charge in [0.25, 0.3) is 0 Å². The van der Waals surface area contributed by atoms with Crippen LogP contribution >= 0.6 is 23.7 Å². The monoisotopic (exact) mass is 324 g/mol. The Morgan fingerprint density at radius 2 is 0.500 bits per heavy atom. The molecule has 80 valence electrons. The number of hydrogen-bond acceptors (Lipinski definition) is 9. The Kier molecular flexibility index (Phi) is 96.5. The fourth-order valence-corrected chi connectivity index (χ4v) is 0. The Morgan fingerprint density at radius 1 is 0.500 bits per heavy atom. The summed E-state index contributed by atoms with van der Waals surface area (Å²) in [4.78, 5) is 25.4. The molecule has 0 saturated carbocycles. The summed E-state index contributed by atoms with van der Waals surface area (Å²) in [5, 5.41) is 0. The quantitative estimate of drug-likeness (QED) is 0.306. The molecule has 2 N–H and O–H groups in total. The van der Waals surface area contributed by atoms with Crippen LogP contribution in [0.25, 0.3) is 0 Å². The Hall–Kier alpha value is 2.54. The van der Waals surface area contributed by atoms with Gasteiger partial charge in [0.1, 0.15) is 0 Å². The van der Waals surface area contributed by atoms with E-state index in [0.717, 1.165) is 0 Å². The Labute approximate surface area is 157 Å². The second-order valence-corrected chi connectivity index (χ2v) is 2.01. The van der Waals surface area contributed by atoms with Crippen molar-refractivity contribution in [1.82, 2.24) is 0 Å². The van der Waals surface area contributed by atoms with Crippen molar-refractivity contribution >= 4 is 23.7 Å². The van der Waals surface area contributed by atoms with E-state index in [4.69, 9.17) is 42.1 Å². The summed E-state index contributed by atoms with van der Waals surface area (Å²) >= 11 is 0. The van der Waals surface area contributed by atoms with Crippen LogP contribution in [-0.2, 0) is 27.4 Å². The van der Waals surface area contributed by atoms with Crippen molar-refractivity contribution in [3.63, 3.8) is 0 Å². The summed E-state index contributed by atoms with van der Waals surface area (Å²) in [6.45, 7) is 0. The molecular formula is H2Na3O10P3. The van der Waals surface area contributed by atoms with E-state index in [1.165, 1.54) is 0 Å². The first kappa shape index (κ1) is 42.8. The van der Waals surface area contributed by atoms with Crippen molar-refractivity contribution in [2.24, 2.45) is 0 Å². The molecular weight excluding hydrogens is 322 g/mol. The van der Waals surface area contributed by atoms with Crippen LogP contribution in [0.2, 0.25) is 0 Å². The van der Waals surface area contributed by atoms with Gasteiger partial charge in [-0.3, -0.25) is 27.4 Å². The van der Waals surface area contributed by atoms with Crippen molar-refractivity contribution in [2.75, 3.05) is 0 Å². The summed E-state index contributed by atoms with van der Waals surface area (Å²) < 4.78 is 50.9. The first-order valence-corrected chi connectivity index (χ1v) is 4.93. The van der Waals surface area contributed by atoms with E-state index in [1.807, 2.05) is 0 Å². The second-order valence-electron chi connectivity index (χ2n) is 0.671. The van der Waals surface area contributed by atoms with Gasteiger partial charge in [-0.2, -0.15) is 0 Å². The fourth-order valence-electron chi connectivity index (χ4n) is 0. The average Bonchev–Trinajstić information content (AvgIpc) is 1.54. The van der Waals surface area contributed by atoms with E-state index in [2.05, 4.69) is 0 Å². The topological polar surface area (TPSA) is 203 Å². The molecule has 0 aromatic heterocycles. The summed E-state index contributed by atoms with van der Waals surface area (Å²) in [5.74, 6) is 0. The predicted molar refractivity (Wildman–Crippen MR) is 28.5 cm³/mol. The van der Waals surface area contributed by atoms with Crippen LogP contribution < -0.4 is 103 Å². The number of hydrogen-bond donors (Lipinski definition) is 0. The van der Waals surface area contributed by atoms with Crippen LogP contribution in [-0.4, -0.2) is 5.48 Å². The van der Waals surface area contributed by atoms with E-state index in [-0.39, 0.29) is 94.1 Å². The predicted octanol–water partition coefficient (Wildman–Crippen LogP) is -11.5. The molecule has 0 aliphatic carbocycles. The zero-order valence-electron chi connectivity index (χ0n) is 8.52. The molecule has 0 spiro atoms. The third kappa shape index (κ3) is 619. The van der Waals surface area contributed by atoms with E-state index >= 15 is 0 Å². The molecule has 10 nitrogen and oxygen atoms in total. The number of rotatable bonds is 0. The molecule has 0 aliphatic heterocycles. The zero-order chi connectivity index (χ0) is 10.7. The standard InChI is InChI=1S/3Na.3HO3P.H2O/c;;;3*1-4(2)3;/h;;;3*(H,1,2,3);1H2/q3*+1;;;;/p-3. The van der Waals surface area contributed by atoms with Crippen molar-refractivity contribution in [1.29, 1.82) is 0 Å². The summed E-state index contributed by atoms with van der Waals surface area (Å²) in [6.07, 6.45) is 0. The SMILES string of the molecule is O.O=P(=O)[O-].O=P(=O)[O-].O=P(=O)[O-].[Na+].[Na+].[Na+]. The normalized spacial score (nSPS) is 4.69. The molecule has 16 heavy (non-hydrogen) atoms. The molecule has 0 unspecified atom stereocenters. The molecule has 0 saturated heterocycles. The maximum absolute atomic E-state index is 8.48. The maximum atomic E-state index is 8.48. The Morgan fingerprint density at radius 3 is 0.500 bits per heavy atom. The van der Waals surface area contributed by atoms with Gasteiger partial charge in [0.15, 0.2) is 0 Å². The van der Waals surface area contributed by atoms with Crippen molar-refractivity contribution in [2.45, 2.75) is 0 Å². The van der Waals surface area contributed by atoms with Crippen LogP contribution in [0.1, 0.15) is 0 Å². The molecule has 0 amide bonds. The van der Waals surface area contributed by atoms with Gasteiger partial charge in [0.05, 0.1) is 0 Å². The van der Waals surface area contributed by atoms with Gasteiger partial charge in [0.2, 0.25) is 23.7 Å². The van der Waals surface area contributed by atoms with E-state index in [9.17, 15) is 0 Å². The smallest absolute Gasteiger partial charge is 0.744 e. The third-order valence-electron chi connectivity index (χ3n) is 0. The van der Waals surface area contributed by atoms with Gasteiger partial charge in [-0.15, -0.1) is 0 Å². The molecule has 0 radical (unpaired) electrons. The van der Waals surface area contributed by atoms with Crippen molar-refractivity contribution < 1.29 is 136 Å². The molecule has 0 aromatic rings. The molecule has 0 atom stereocenters. The van der Waals surface area contributed by atoms with Crippen LogP contribution in [0.15, 0.2) is 0 Å². The first-order chi connectivity index (χ1) is 5.20. The summed E-state index contributed by atoms with van der Waals surface area (Å²) in [7, 11) is -10.1. The van der Waals surface area contributed by atoms with E-state index < -0.39 is 23.7 Å². The molecule has 0 aliphatic rings. The molecule has 0 aromatic carbocycles. The van der Waals surface area contributed by atoms with E-state index in [1.54, 1.807) is 0 Å². The summed E-state index contributed by atoms with van der Waals surface area (Å²) in [5.41, 5.74) is 0. The molecule has 16 heteroatoms. The zero-order valence-corrected chi connectivity index (χ0v) is 17.2. The van der Waals surface area contributed by atoms with Crippen LogP contribution in [0.4, 0.5) is 0 Å². The third-order valence-corrected chi connectivity index (χ3v) is 0. The van der Waals surface area contributed by atoms with Crippen molar-refractivity contribution in [3.8, 4) is 0 Å². The first-order valence-electron chi connectivity index (χ1n) is 1.64. The maximum Gasteiger partial charge on any atom is 1.00 e. The minimum Gasteiger partial charge on any atom is -0.744 e. The van der Waals surface area contributed by atoms with Crippen LogP contribution in [0.3, 0.4) is 0 Å². The van der Waals surface area contributed by atoms with Gasteiger partial charge >= 0.3 is 88.7 Å². The van der Waals surface area contributed by atoms with Crippen LogP contribution in [0.5, 0.6) is 0 Å². The molecule has 0 fully saturated rings. The largest absolute Gasteiger partial charge is 1.00 e. The van der Waals surface area contributed by atoms with Gasteiger partial charge in [-0.05, 0) is 0 Å². The Balaban J connectivity index is -0.0000000135.